The van der Waals surface area contributed by atoms with E-state index in [1.54, 1.807) is 7.05 Å². The van der Waals surface area contributed by atoms with Crippen LogP contribution in [0.4, 0.5) is 4.39 Å². The van der Waals surface area contributed by atoms with E-state index in [1.807, 2.05) is 0 Å². The van der Waals surface area contributed by atoms with Gasteiger partial charge in [0.2, 0.25) is 10.0 Å². The summed E-state index contributed by atoms with van der Waals surface area (Å²) in [4.78, 5) is 0.0292. The molecule has 1 atom stereocenters. The second kappa shape index (κ2) is 6.02. The summed E-state index contributed by atoms with van der Waals surface area (Å²) in [5.41, 5.74) is 0.729. The van der Waals surface area contributed by atoms with Crippen LogP contribution in [0.15, 0.2) is 23.1 Å². The molecule has 2 rings (SSSR count). The number of nitrogens with one attached hydrogen (secondary N) is 2. The van der Waals surface area contributed by atoms with Crippen LogP contribution < -0.4 is 10.0 Å². The molecule has 1 aliphatic carbocycles. The van der Waals surface area contributed by atoms with E-state index in [2.05, 4.69) is 23.9 Å². The van der Waals surface area contributed by atoms with Crippen molar-refractivity contribution in [2.75, 3.05) is 7.05 Å². The third-order valence-corrected chi connectivity index (χ3v) is 5.58. The van der Waals surface area contributed by atoms with Crippen LogP contribution in [-0.4, -0.2) is 21.5 Å². The molecule has 0 amide bonds. The normalized spacial score (nSPS) is 21.6. The Labute approximate surface area is 126 Å². The van der Waals surface area contributed by atoms with Gasteiger partial charge >= 0.3 is 0 Å². The maximum absolute atomic E-state index is 13.4. The Morgan fingerprint density at radius 2 is 2.10 bits per heavy atom. The lowest BCUT2D eigenvalue weighted by atomic mass is 9.92. The fourth-order valence-electron chi connectivity index (χ4n) is 2.93. The van der Waals surface area contributed by atoms with Crippen LogP contribution in [0, 0.1) is 11.2 Å². The first-order chi connectivity index (χ1) is 9.73. The van der Waals surface area contributed by atoms with Gasteiger partial charge < -0.3 is 5.32 Å². The van der Waals surface area contributed by atoms with Crippen molar-refractivity contribution >= 4 is 10.0 Å². The Hall–Kier alpha value is -0.980. The first-order valence-electron chi connectivity index (χ1n) is 7.19. The first kappa shape index (κ1) is 16.4. The molecule has 1 aromatic rings. The molecule has 1 aromatic carbocycles. The number of hydrogen-bond donors (Lipinski definition) is 2. The van der Waals surface area contributed by atoms with E-state index in [9.17, 15) is 12.8 Å². The minimum atomic E-state index is -3.70. The van der Waals surface area contributed by atoms with Gasteiger partial charge in [0, 0.05) is 12.6 Å². The van der Waals surface area contributed by atoms with Crippen molar-refractivity contribution in [3.63, 3.8) is 0 Å². The average molecular weight is 314 g/mol. The van der Waals surface area contributed by atoms with Gasteiger partial charge in [0.05, 0.1) is 4.90 Å². The van der Waals surface area contributed by atoms with Crippen LogP contribution in [0.3, 0.4) is 0 Å². The quantitative estimate of drug-likeness (QED) is 0.877. The molecular formula is C15H23FN2O2S. The molecule has 1 saturated carbocycles. The van der Waals surface area contributed by atoms with E-state index in [1.165, 1.54) is 12.1 Å². The van der Waals surface area contributed by atoms with Crippen molar-refractivity contribution in [2.24, 2.45) is 5.41 Å². The largest absolute Gasteiger partial charge is 0.316 e. The summed E-state index contributed by atoms with van der Waals surface area (Å²) in [7, 11) is -1.97. The van der Waals surface area contributed by atoms with Crippen LogP contribution in [-0.2, 0) is 16.6 Å². The Morgan fingerprint density at radius 1 is 1.38 bits per heavy atom. The number of sulfonamides is 1. The van der Waals surface area contributed by atoms with Crippen LogP contribution in [0.2, 0.25) is 0 Å². The van der Waals surface area contributed by atoms with Crippen molar-refractivity contribution in [1.29, 1.82) is 0 Å². The van der Waals surface area contributed by atoms with Gasteiger partial charge in [-0.2, -0.15) is 0 Å². The first-order valence-corrected chi connectivity index (χ1v) is 8.67. The molecule has 0 heterocycles. The highest BCUT2D eigenvalue weighted by atomic mass is 32.2. The lowest BCUT2D eigenvalue weighted by Crippen LogP contribution is -2.34. The molecule has 2 N–H and O–H groups in total. The maximum atomic E-state index is 13.4. The van der Waals surface area contributed by atoms with Crippen LogP contribution in [0.1, 0.15) is 38.7 Å². The van der Waals surface area contributed by atoms with Crippen molar-refractivity contribution < 1.29 is 12.8 Å². The molecule has 6 heteroatoms. The summed E-state index contributed by atoms with van der Waals surface area (Å²) >= 11 is 0. The van der Waals surface area contributed by atoms with E-state index < -0.39 is 15.8 Å². The van der Waals surface area contributed by atoms with Crippen LogP contribution in [0.25, 0.3) is 0 Å². The topological polar surface area (TPSA) is 58.2 Å². The van der Waals surface area contributed by atoms with Gasteiger partial charge in [-0.15, -0.1) is 0 Å². The number of rotatable bonds is 5. The molecular weight excluding hydrogens is 291 g/mol. The molecule has 1 aliphatic rings. The SMILES string of the molecule is CNCc1ccc(F)cc1S(=O)(=O)NC1CCC(C)(C)C1. The minimum absolute atomic E-state index is 0.0292. The van der Waals surface area contributed by atoms with E-state index in [0.717, 1.165) is 25.3 Å². The van der Waals surface area contributed by atoms with Gasteiger partial charge in [-0.1, -0.05) is 19.9 Å². The van der Waals surface area contributed by atoms with Gasteiger partial charge in [0.15, 0.2) is 0 Å². The van der Waals surface area contributed by atoms with Crippen LogP contribution in [0.5, 0.6) is 0 Å². The summed E-state index contributed by atoms with van der Waals surface area (Å²) in [5, 5.41) is 2.91. The van der Waals surface area contributed by atoms with Gasteiger partial charge in [0.25, 0.3) is 0 Å². The molecule has 4 nitrogen and oxygen atoms in total. The summed E-state index contributed by atoms with van der Waals surface area (Å²) in [6.45, 7) is 4.65. The zero-order valence-corrected chi connectivity index (χ0v) is 13.6. The summed E-state index contributed by atoms with van der Waals surface area (Å²) in [5.74, 6) is -0.540. The monoisotopic (exact) mass is 314 g/mol. The minimum Gasteiger partial charge on any atom is -0.316 e. The highest BCUT2D eigenvalue weighted by Gasteiger charge is 2.34. The molecule has 0 saturated heterocycles. The average Bonchev–Trinajstić information content (AvgIpc) is 2.70. The lowest BCUT2D eigenvalue weighted by molar-refractivity contribution is 0.372. The standard InChI is InChI=1S/C15H23FN2O2S/c1-15(2)7-6-13(9-15)18-21(19,20)14-8-12(16)5-4-11(14)10-17-3/h4-5,8,13,17-18H,6-7,9-10H2,1-3H3. The molecule has 0 radical (unpaired) electrons. The highest BCUT2D eigenvalue weighted by Crippen LogP contribution is 2.37. The van der Waals surface area contributed by atoms with E-state index in [-0.39, 0.29) is 16.4 Å². The lowest BCUT2D eigenvalue weighted by Gasteiger charge is -2.19. The van der Waals surface area contributed by atoms with E-state index in [0.29, 0.717) is 12.1 Å². The third kappa shape index (κ3) is 4.02. The molecule has 1 unspecified atom stereocenters. The second-order valence-electron chi connectivity index (χ2n) is 6.51. The molecule has 0 aliphatic heterocycles. The van der Waals surface area contributed by atoms with Gasteiger partial charge in [-0.25, -0.2) is 17.5 Å². The Balaban J connectivity index is 2.25. The van der Waals surface area contributed by atoms with Crippen LogP contribution >= 0.6 is 0 Å². The number of halogens is 1. The molecule has 0 aromatic heterocycles. The highest BCUT2D eigenvalue weighted by molar-refractivity contribution is 7.89. The zero-order valence-electron chi connectivity index (χ0n) is 12.7. The molecule has 21 heavy (non-hydrogen) atoms. The smallest absolute Gasteiger partial charge is 0.241 e. The number of benzene rings is 1. The Morgan fingerprint density at radius 3 is 2.67 bits per heavy atom. The predicted octanol–water partition coefficient (Wildman–Crippen LogP) is 2.40. The van der Waals surface area contributed by atoms with E-state index in [4.69, 9.17) is 0 Å². The third-order valence-electron chi connectivity index (χ3n) is 3.98. The molecule has 0 bridgehead atoms. The maximum Gasteiger partial charge on any atom is 0.241 e. The predicted molar refractivity (Wildman–Crippen MR) is 80.9 cm³/mol. The van der Waals surface area contributed by atoms with Crippen molar-refractivity contribution in [2.45, 2.75) is 50.6 Å². The zero-order chi connectivity index (χ0) is 15.7. The van der Waals surface area contributed by atoms with Crippen molar-refractivity contribution in [3.8, 4) is 0 Å². The van der Waals surface area contributed by atoms with E-state index >= 15 is 0 Å². The van der Waals surface area contributed by atoms with Gasteiger partial charge in [0.1, 0.15) is 5.82 Å². The molecule has 1 fully saturated rings. The van der Waals surface area contributed by atoms with Gasteiger partial charge in [-0.3, -0.25) is 0 Å². The summed E-state index contributed by atoms with van der Waals surface area (Å²) in [6.07, 6.45) is 2.62. The fourth-order valence-corrected chi connectivity index (χ4v) is 4.45. The fraction of sp³-hybridized carbons (Fsp3) is 0.600. The van der Waals surface area contributed by atoms with Crippen molar-refractivity contribution in [1.82, 2.24) is 10.0 Å². The molecule has 118 valence electrons. The molecule has 0 spiro atoms. The van der Waals surface area contributed by atoms with Crippen molar-refractivity contribution in [3.05, 3.63) is 29.6 Å². The Kier molecular flexibility index (Phi) is 4.70. The second-order valence-corrected chi connectivity index (χ2v) is 8.19. The Bertz CT molecular complexity index is 614. The summed E-state index contributed by atoms with van der Waals surface area (Å²) in [6, 6.07) is 3.81. The summed E-state index contributed by atoms with van der Waals surface area (Å²) < 4.78 is 41.3. The van der Waals surface area contributed by atoms with Gasteiger partial charge in [-0.05, 0) is 49.4 Å². The number of hydrogen-bond acceptors (Lipinski definition) is 3.